The topological polar surface area (TPSA) is 93.3 Å². The highest BCUT2D eigenvalue weighted by molar-refractivity contribution is 5.76. The molecule has 8 heteroatoms. The molecule has 1 aromatic rings. The fourth-order valence-corrected chi connectivity index (χ4v) is 3.35. The molecule has 8 nitrogen and oxygen atoms in total. The van der Waals surface area contributed by atoms with Gasteiger partial charge in [0, 0.05) is 31.6 Å². The second-order valence-corrected chi connectivity index (χ2v) is 6.53. The number of nitrogens with zero attached hydrogens (tertiary/aromatic N) is 4. The summed E-state index contributed by atoms with van der Waals surface area (Å²) in [5, 5.41) is 18.2. The van der Waals surface area contributed by atoms with E-state index in [4.69, 9.17) is 0 Å². The van der Waals surface area contributed by atoms with E-state index in [2.05, 4.69) is 15.3 Å². The number of aromatic nitrogens is 2. The average molecular weight is 321 g/mol. The van der Waals surface area contributed by atoms with Crippen molar-refractivity contribution in [2.24, 2.45) is 0 Å². The average Bonchev–Trinajstić information content (AvgIpc) is 3.16. The summed E-state index contributed by atoms with van der Waals surface area (Å²) in [5.74, 6) is -0.0112. The van der Waals surface area contributed by atoms with Gasteiger partial charge in [-0.2, -0.15) is 5.10 Å². The second-order valence-electron chi connectivity index (χ2n) is 6.53. The van der Waals surface area contributed by atoms with E-state index >= 15 is 0 Å². The Hall–Kier alpha value is -1.96. The summed E-state index contributed by atoms with van der Waals surface area (Å²) >= 11 is 0. The summed E-state index contributed by atoms with van der Waals surface area (Å²) in [6.07, 6.45) is 3.88. The van der Waals surface area contributed by atoms with Gasteiger partial charge < -0.3 is 5.32 Å². The highest BCUT2D eigenvalue weighted by atomic mass is 16.6. The van der Waals surface area contributed by atoms with E-state index < -0.39 is 4.92 Å². The summed E-state index contributed by atoms with van der Waals surface area (Å²) in [4.78, 5) is 25.1. The number of carbonyl (C=O) groups is 1. The minimum absolute atomic E-state index is 0.0112. The first kappa shape index (κ1) is 15.9. The fourth-order valence-electron chi connectivity index (χ4n) is 3.35. The molecule has 0 spiro atoms. The second kappa shape index (κ2) is 6.27. The first-order valence-corrected chi connectivity index (χ1v) is 8.17. The molecule has 0 aromatic carbocycles. The van der Waals surface area contributed by atoms with E-state index in [9.17, 15) is 14.9 Å². The standard InChI is InChI=1S/C15H23N5O3/c1-10-15(20(22)23)11(2)19(17-10)8-6-14(21)16-12-5-7-18(9-12)13-3-4-13/h12-13H,3-9H2,1-2H3,(H,16,21). The molecule has 1 aliphatic heterocycles. The van der Waals surface area contributed by atoms with Crippen molar-refractivity contribution in [1.82, 2.24) is 20.0 Å². The van der Waals surface area contributed by atoms with E-state index in [1.54, 1.807) is 18.5 Å². The lowest BCUT2D eigenvalue weighted by molar-refractivity contribution is -0.386. The minimum atomic E-state index is -0.417. The number of likely N-dealkylation sites (tertiary alicyclic amines) is 1. The van der Waals surface area contributed by atoms with Crippen molar-refractivity contribution in [1.29, 1.82) is 0 Å². The molecule has 1 atom stereocenters. The third-order valence-electron chi connectivity index (χ3n) is 4.72. The quantitative estimate of drug-likeness (QED) is 0.626. The van der Waals surface area contributed by atoms with Gasteiger partial charge in [-0.25, -0.2) is 0 Å². The van der Waals surface area contributed by atoms with Crippen LogP contribution in [0.15, 0.2) is 0 Å². The van der Waals surface area contributed by atoms with Crippen molar-refractivity contribution in [3.63, 3.8) is 0 Å². The molecular formula is C15H23N5O3. The predicted octanol–water partition coefficient (Wildman–Crippen LogP) is 1.15. The molecule has 2 heterocycles. The maximum absolute atomic E-state index is 12.1. The molecule has 1 saturated heterocycles. The summed E-state index contributed by atoms with van der Waals surface area (Å²) in [7, 11) is 0. The minimum Gasteiger partial charge on any atom is -0.352 e. The fraction of sp³-hybridized carbons (Fsp3) is 0.733. The van der Waals surface area contributed by atoms with Crippen LogP contribution in [0.5, 0.6) is 0 Å². The third kappa shape index (κ3) is 3.52. The Balaban J connectivity index is 1.49. The van der Waals surface area contributed by atoms with Crippen molar-refractivity contribution in [2.45, 2.75) is 58.2 Å². The van der Waals surface area contributed by atoms with E-state index in [0.29, 0.717) is 24.4 Å². The first-order chi connectivity index (χ1) is 11.0. The molecular weight excluding hydrogens is 298 g/mol. The van der Waals surface area contributed by atoms with E-state index in [-0.39, 0.29) is 17.6 Å². The van der Waals surface area contributed by atoms with Crippen LogP contribution in [-0.2, 0) is 11.3 Å². The van der Waals surface area contributed by atoms with E-state index in [0.717, 1.165) is 25.6 Å². The van der Waals surface area contributed by atoms with Gasteiger partial charge >= 0.3 is 5.69 Å². The number of hydrogen-bond acceptors (Lipinski definition) is 5. The smallest absolute Gasteiger partial charge is 0.312 e. The first-order valence-electron chi connectivity index (χ1n) is 8.17. The molecule has 0 bridgehead atoms. The Kier molecular flexibility index (Phi) is 4.34. The van der Waals surface area contributed by atoms with Crippen molar-refractivity contribution in [2.75, 3.05) is 13.1 Å². The summed E-state index contributed by atoms with van der Waals surface area (Å²) in [6, 6.07) is 0.977. The largest absolute Gasteiger partial charge is 0.352 e. The maximum Gasteiger partial charge on any atom is 0.312 e. The molecule has 23 heavy (non-hydrogen) atoms. The number of hydrogen-bond donors (Lipinski definition) is 1. The molecule has 1 aromatic heterocycles. The summed E-state index contributed by atoms with van der Waals surface area (Å²) in [5.41, 5.74) is 0.936. The van der Waals surface area contributed by atoms with Crippen LogP contribution in [0, 0.1) is 24.0 Å². The molecule has 2 fully saturated rings. The normalized spacial score (nSPS) is 21.6. The molecule has 1 N–H and O–H groups in total. The van der Waals surface area contributed by atoms with Gasteiger partial charge in [0.15, 0.2) is 0 Å². The third-order valence-corrected chi connectivity index (χ3v) is 4.72. The Morgan fingerprint density at radius 1 is 1.39 bits per heavy atom. The molecule has 1 aliphatic carbocycles. The van der Waals surface area contributed by atoms with Crippen LogP contribution < -0.4 is 5.32 Å². The molecule has 3 rings (SSSR count). The Labute approximate surface area is 135 Å². The van der Waals surface area contributed by atoms with Gasteiger partial charge in [-0.15, -0.1) is 0 Å². The van der Waals surface area contributed by atoms with Gasteiger partial charge in [-0.05, 0) is 33.1 Å². The van der Waals surface area contributed by atoms with Crippen LogP contribution >= 0.6 is 0 Å². The number of carbonyl (C=O) groups excluding carboxylic acids is 1. The van der Waals surface area contributed by atoms with Crippen molar-refractivity contribution in [3.05, 3.63) is 21.5 Å². The van der Waals surface area contributed by atoms with Gasteiger partial charge in [0.05, 0.1) is 11.5 Å². The molecule has 2 aliphatic rings. The van der Waals surface area contributed by atoms with E-state index in [1.165, 1.54) is 12.8 Å². The molecule has 1 amide bonds. The predicted molar refractivity (Wildman–Crippen MR) is 84.1 cm³/mol. The molecule has 0 radical (unpaired) electrons. The Morgan fingerprint density at radius 3 is 2.74 bits per heavy atom. The Bertz CT molecular complexity index is 623. The summed E-state index contributed by atoms with van der Waals surface area (Å²) in [6.45, 7) is 5.67. The van der Waals surface area contributed by atoms with E-state index in [1.807, 2.05) is 0 Å². The van der Waals surface area contributed by atoms with Gasteiger partial charge in [0.1, 0.15) is 11.4 Å². The van der Waals surface area contributed by atoms with Crippen molar-refractivity contribution in [3.8, 4) is 0 Å². The number of aryl methyl sites for hydroxylation is 2. The van der Waals surface area contributed by atoms with Crippen molar-refractivity contribution < 1.29 is 9.72 Å². The molecule has 126 valence electrons. The number of amides is 1. The SMILES string of the molecule is Cc1nn(CCC(=O)NC2CCN(C3CC3)C2)c(C)c1[N+](=O)[O-]. The molecule has 1 saturated carbocycles. The van der Waals surface area contributed by atoms with Crippen LogP contribution in [0.1, 0.15) is 37.1 Å². The molecule has 1 unspecified atom stereocenters. The van der Waals surface area contributed by atoms with Crippen LogP contribution in [0.4, 0.5) is 5.69 Å². The van der Waals surface area contributed by atoms with Crippen molar-refractivity contribution >= 4 is 11.6 Å². The van der Waals surface area contributed by atoms with Crippen LogP contribution in [0.3, 0.4) is 0 Å². The number of nitrogens with one attached hydrogen (secondary N) is 1. The van der Waals surface area contributed by atoms with Gasteiger partial charge in [0.2, 0.25) is 5.91 Å². The monoisotopic (exact) mass is 321 g/mol. The zero-order valence-electron chi connectivity index (χ0n) is 13.6. The van der Waals surface area contributed by atoms with Crippen LogP contribution in [0.2, 0.25) is 0 Å². The van der Waals surface area contributed by atoms with Gasteiger partial charge in [-0.1, -0.05) is 0 Å². The highest BCUT2D eigenvalue weighted by Gasteiger charge is 2.34. The van der Waals surface area contributed by atoms with Gasteiger partial charge in [0.25, 0.3) is 0 Å². The number of nitro groups is 1. The maximum atomic E-state index is 12.1. The van der Waals surface area contributed by atoms with Gasteiger partial charge in [-0.3, -0.25) is 24.5 Å². The van der Waals surface area contributed by atoms with Crippen LogP contribution in [-0.4, -0.2) is 50.7 Å². The summed E-state index contributed by atoms with van der Waals surface area (Å²) < 4.78 is 1.55. The zero-order chi connectivity index (χ0) is 16.6. The lowest BCUT2D eigenvalue weighted by Crippen LogP contribution is -2.37. The zero-order valence-corrected chi connectivity index (χ0v) is 13.6. The highest BCUT2D eigenvalue weighted by Crippen LogP contribution is 2.29. The van der Waals surface area contributed by atoms with Crippen LogP contribution in [0.25, 0.3) is 0 Å². The lowest BCUT2D eigenvalue weighted by Gasteiger charge is -2.15. The number of rotatable bonds is 6. The Morgan fingerprint density at radius 2 is 2.13 bits per heavy atom. The lowest BCUT2D eigenvalue weighted by atomic mass is 10.2.